The summed E-state index contributed by atoms with van der Waals surface area (Å²) in [5.74, 6) is 0.576. The van der Waals surface area contributed by atoms with E-state index in [0.29, 0.717) is 17.9 Å². The van der Waals surface area contributed by atoms with Gasteiger partial charge in [0.25, 0.3) is 0 Å². The molecule has 0 spiro atoms. The molecule has 0 radical (unpaired) electrons. The third-order valence-electron chi connectivity index (χ3n) is 4.25. The second-order valence-corrected chi connectivity index (χ2v) is 6.02. The molecule has 2 N–H and O–H groups in total. The molecule has 4 aromatic rings. The van der Waals surface area contributed by atoms with Crippen molar-refractivity contribution >= 4 is 33.5 Å². The molecule has 5 nitrogen and oxygen atoms in total. The lowest BCUT2D eigenvalue weighted by Gasteiger charge is -2.07. The van der Waals surface area contributed by atoms with Crippen LogP contribution >= 0.6 is 0 Å². The lowest BCUT2D eigenvalue weighted by molar-refractivity contribution is -0.116. The molecule has 2 aromatic carbocycles. The van der Waals surface area contributed by atoms with E-state index < -0.39 is 0 Å². The summed E-state index contributed by atoms with van der Waals surface area (Å²) in [4.78, 5) is 16.3. The van der Waals surface area contributed by atoms with Crippen LogP contribution in [0.5, 0.6) is 0 Å². The second-order valence-electron chi connectivity index (χ2n) is 6.02. The Hall–Kier alpha value is -3.21. The number of nitrogens with zero attached hydrogens (tertiary/aromatic N) is 2. The minimum absolute atomic E-state index is 0.0244. The van der Waals surface area contributed by atoms with E-state index in [2.05, 4.69) is 44.8 Å². The van der Waals surface area contributed by atoms with Gasteiger partial charge in [-0.25, -0.2) is 4.98 Å². The van der Waals surface area contributed by atoms with E-state index in [1.54, 1.807) is 0 Å². The summed E-state index contributed by atoms with van der Waals surface area (Å²) in [6, 6.07) is 16.5. The van der Waals surface area contributed by atoms with Gasteiger partial charge in [-0.3, -0.25) is 9.89 Å². The van der Waals surface area contributed by atoms with E-state index in [-0.39, 0.29) is 5.91 Å². The van der Waals surface area contributed by atoms with Crippen molar-refractivity contribution in [2.45, 2.75) is 19.8 Å². The maximum atomic E-state index is 11.9. The smallest absolute Gasteiger partial charge is 0.225 e. The molecular weight excluding hydrogens is 312 g/mol. The van der Waals surface area contributed by atoms with Crippen molar-refractivity contribution in [2.24, 2.45) is 0 Å². The molecule has 0 aliphatic carbocycles. The summed E-state index contributed by atoms with van der Waals surface area (Å²) in [5, 5.41) is 13.1. The first kappa shape index (κ1) is 15.3. The highest BCUT2D eigenvalue weighted by Crippen LogP contribution is 2.31. The van der Waals surface area contributed by atoms with Gasteiger partial charge in [-0.15, -0.1) is 0 Å². The number of aromatic nitrogens is 3. The summed E-state index contributed by atoms with van der Waals surface area (Å²) >= 11 is 0. The molecular formula is C20H18N4O. The molecule has 2 heterocycles. The first-order valence-corrected chi connectivity index (χ1v) is 8.38. The first-order valence-electron chi connectivity index (χ1n) is 8.38. The molecule has 0 atom stereocenters. The number of hydrogen-bond acceptors (Lipinski definition) is 3. The summed E-state index contributed by atoms with van der Waals surface area (Å²) in [6.45, 7) is 1.98. The van der Waals surface area contributed by atoms with Gasteiger partial charge in [-0.1, -0.05) is 49.4 Å². The molecule has 2 aromatic heterocycles. The fraction of sp³-hybridized carbons (Fsp3) is 0.150. The molecule has 4 rings (SSSR count). The zero-order chi connectivity index (χ0) is 17.2. The van der Waals surface area contributed by atoms with Gasteiger partial charge in [-0.2, -0.15) is 5.10 Å². The van der Waals surface area contributed by atoms with Crippen LogP contribution in [0.1, 0.15) is 19.8 Å². The van der Waals surface area contributed by atoms with Crippen LogP contribution < -0.4 is 5.32 Å². The van der Waals surface area contributed by atoms with E-state index in [1.807, 2.05) is 37.4 Å². The number of benzene rings is 2. The Labute approximate surface area is 145 Å². The molecule has 0 saturated heterocycles. The van der Waals surface area contributed by atoms with Gasteiger partial charge < -0.3 is 5.32 Å². The van der Waals surface area contributed by atoms with Crippen LogP contribution in [0, 0.1) is 0 Å². The Kier molecular flexibility index (Phi) is 3.90. The van der Waals surface area contributed by atoms with Crippen molar-refractivity contribution < 1.29 is 4.79 Å². The predicted molar refractivity (Wildman–Crippen MR) is 100 cm³/mol. The number of hydrogen-bond donors (Lipinski definition) is 2. The molecule has 1 amide bonds. The minimum atomic E-state index is -0.0244. The molecule has 124 valence electrons. The summed E-state index contributed by atoms with van der Waals surface area (Å²) in [7, 11) is 0. The fourth-order valence-corrected chi connectivity index (χ4v) is 3.05. The van der Waals surface area contributed by atoms with Crippen molar-refractivity contribution in [1.82, 2.24) is 15.2 Å². The number of H-pyrrole nitrogens is 1. The van der Waals surface area contributed by atoms with E-state index in [0.717, 1.165) is 22.9 Å². The Bertz CT molecular complexity index is 1060. The number of pyridine rings is 1. The lowest BCUT2D eigenvalue weighted by Crippen LogP contribution is -2.11. The number of aromatic amines is 1. The SMILES string of the molecule is CCCC(=O)Nc1[nH]nc2ncc(-c3cccc4ccccc34)cc12. The standard InChI is InChI=1S/C20H18N4O/c1-2-6-18(25)22-20-17-11-14(12-21-19(17)23-24-20)16-10-5-8-13-7-3-4-9-15(13)16/h3-5,7-12H,2,6H2,1H3,(H2,21,22,23,24,25). The monoisotopic (exact) mass is 330 g/mol. The third kappa shape index (κ3) is 2.85. The molecule has 0 saturated carbocycles. The Balaban J connectivity index is 1.81. The van der Waals surface area contributed by atoms with E-state index in [1.165, 1.54) is 10.8 Å². The van der Waals surface area contributed by atoms with Crippen LogP contribution in [-0.2, 0) is 4.79 Å². The highest BCUT2D eigenvalue weighted by molar-refractivity contribution is 6.02. The number of amides is 1. The number of fused-ring (bicyclic) bond motifs is 2. The zero-order valence-corrected chi connectivity index (χ0v) is 13.9. The highest BCUT2D eigenvalue weighted by Gasteiger charge is 2.12. The van der Waals surface area contributed by atoms with Gasteiger partial charge in [0.15, 0.2) is 5.65 Å². The number of rotatable bonds is 4. The van der Waals surface area contributed by atoms with Gasteiger partial charge in [0.2, 0.25) is 5.91 Å². The number of carbonyl (C=O) groups is 1. The first-order chi connectivity index (χ1) is 12.3. The van der Waals surface area contributed by atoms with Crippen molar-refractivity contribution in [3.8, 4) is 11.1 Å². The molecule has 25 heavy (non-hydrogen) atoms. The minimum Gasteiger partial charge on any atom is -0.311 e. The van der Waals surface area contributed by atoms with Gasteiger partial charge in [-0.05, 0) is 28.8 Å². The summed E-state index contributed by atoms with van der Waals surface area (Å²) < 4.78 is 0. The van der Waals surface area contributed by atoms with Gasteiger partial charge in [0, 0.05) is 18.2 Å². The topological polar surface area (TPSA) is 70.7 Å². The quantitative estimate of drug-likeness (QED) is 0.578. The van der Waals surface area contributed by atoms with E-state index in [9.17, 15) is 4.79 Å². The van der Waals surface area contributed by atoms with Crippen LogP contribution in [0.4, 0.5) is 5.82 Å². The summed E-state index contributed by atoms with van der Waals surface area (Å²) in [6.07, 6.45) is 3.11. The van der Waals surface area contributed by atoms with Crippen molar-refractivity contribution in [1.29, 1.82) is 0 Å². The second kappa shape index (κ2) is 6.36. The van der Waals surface area contributed by atoms with Crippen LogP contribution in [-0.4, -0.2) is 21.1 Å². The van der Waals surface area contributed by atoms with Crippen molar-refractivity contribution in [2.75, 3.05) is 5.32 Å². The molecule has 5 heteroatoms. The van der Waals surface area contributed by atoms with Crippen LogP contribution in [0.25, 0.3) is 32.9 Å². The number of nitrogens with one attached hydrogen (secondary N) is 2. The lowest BCUT2D eigenvalue weighted by atomic mass is 9.99. The van der Waals surface area contributed by atoms with E-state index >= 15 is 0 Å². The molecule has 0 aliphatic rings. The largest absolute Gasteiger partial charge is 0.311 e. The molecule has 0 aliphatic heterocycles. The maximum absolute atomic E-state index is 11.9. The normalized spacial score (nSPS) is 11.1. The number of anilines is 1. The predicted octanol–water partition coefficient (Wildman–Crippen LogP) is 4.52. The average Bonchev–Trinajstić information content (AvgIpc) is 3.03. The maximum Gasteiger partial charge on any atom is 0.225 e. The van der Waals surface area contributed by atoms with Gasteiger partial charge in [0.05, 0.1) is 5.39 Å². The average molecular weight is 330 g/mol. The van der Waals surface area contributed by atoms with Crippen LogP contribution in [0.2, 0.25) is 0 Å². The van der Waals surface area contributed by atoms with Crippen molar-refractivity contribution in [3.05, 3.63) is 54.7 Å². The van der Waals surface area contributed by atoms with Crippen molar-refractivity contribution in [3.63, 3.8) is 0 Å². The van der Waals surface area contributed by atoms with Crippen LogP contribution in [0.3, 0.4) is 0 Å². The fourth-order valence-electron chi connectivity index (χ4n) is 3.05. The molecule has 0 bridgehead atoms. The van der Waals surface area contributed by atoms with Crippen LogP contribution in [0.15, 0.2) is 54.7 Å². The highest BCUT2D eigenvalue weighted by atomic mass is 16.1. The Morgan fingerprint density at radius 1 is 1.12 bits per heavy atom. The third-order valence-corrected chi connectivity index (χ3v) is 4.25. The van der Waals surface area contributed by atoms with Gasteiger partial charge >= 0.3 is 0 Å². The molecule has 0 unspecified atom stereocenters. The Morgan fingerprint density at radius 2 is 1.96 bits per heavy atom. The van der Waals surface area contributed by atoms with E-state index in [4.69, 9.17) is 0 Å². The number of carbonyl (C=O) groups excluding carboxylic acids is 1. The zero-order valence-electron chi connectivity index (χ0n) is 13.9. The van der Waals surface area contributed by atoms with Gasteiger partial charge in [0.1, 0.15) is 5.82 Å². The summed E-state index contributed by atoms with van der Waals surface area (Å²) in [5.41, 5.74) is 2.70. The molecule has 0 fully saturated rings. The Morgan fingerprint density at radius 3 is 2.84 bits per heavy atom.